The third kappa shape index (κ3) is 4.73. The average molecular weight is 408 g/mol. The van der Waals surface area contributed by atoms with Gasteiger partial charge in [0.2, 0.25) is 0 Å². The molecule has 1 aromatic heterocycles. The Balaban J connectivity index is 1.93. The van der Waals surface area contributed by atoms with Gasteiger partial charge in [-0.1, -0.05) is 18.2 Å². The molecule has 6 heteroatoms. The summed E-state index contributed by atoms with van der Waals surface area (Å²) in [6, 6.07) is 13.6. The highest BCUT2D eigenvalue weighted by atomic mass is 32.1. The molecule has 0 unspecified atom stereocenters. The quantitative estimate of drug-likeness (QED) is 0.398. The van der Waals surface area contributed by atoms with Gasteiger partial charge in [-0.3, -0.25) is 4.79 Å². The lowest BCUT2D eigenvalue weighted by molar-refractivity contribution is 0.0696. The van der Waals surface area contributed by atoms with Crippen molar-refractivity contribution in [2.75, 3.05) is 13.7 Å². The Bertz CT molecular complexity index is 1030. The SMILES string of the molecule is CCOc1cc(OC)c(/C=C/C(=O)c2ccc(C(=O)O)cc2)cc1-c1cccs1. The molecule has 3 aromatic rings. The van der Waals surface area contributed by atoms with Crippen molar-refractivity contribution in [3.05, 3.63) is 76.7 Å². The summed E-state index contributed by atoms with van der Waals surface area (Å²) in [6.45, 7) is 2.45. The van der Waals surface area contributed by atoms with Crippen LogP contribution in [0.25, 0.3) is 16.5 Å². The lowest BCUT2D eigenvalue weighted by atomic mass is 10.0. The molecule has 0 fully saturated rings. The van der Waals surface area contributed by atoms with Crippen molar-refractivity contribution in [1.29, 1.82) is 0 Å². The minimum Gasteiger partial charge on any atom is -0.496 e. The molecule has 0 aliphatic carbocycles. The van der Waals surface area contributed by atoms with E-state index < -0.39 is 5.97 Å². The summed E-state index contributed by atoms with van der Waals surface area (Å²) in [7, 11) is 1.57. The van der Waals surface area contributed by atoms with E-state index in [1.54, 1.807) is 24.5 Å². The molecule has 0 saturated carbocycles. The molecule has 5 nitrogen and oxygen atoms in total. The molecule has 3 rings (SSSR count). The van der Waals surface area contributed by atoms with E-state index >= 15 is 0 Å². The van der Waals surface area contributed by atoms with Gasteiger partial charge < -0.3 is 14.6 Å². The molecule has 148 valence electrons. The number of carboxylic acids is 1. The number of carbonyl (C=O) groups excluding carboxylic acids is 1. The van der Waals surface area contributed by atoms with Crippen LogP contribution in [0, 0.1) is 0 Å². The first-order valence-electron chi connectivity index (χ1n) is 8.98. The molecule has 0 saturated heterocycles. The number of ether oxygens (including phenoxy) is 2. The number of aromatic carboxylic acids is 1. The minimum absolute atomic E-state index is 0.138. The smallest absolute Gasteiger partial charge is 0.335 e. The molecule has 0 spiro atoms. The molecular weight excluding hydrogens is 388 g/mol. The predicted molar refractivity (Wildman–Crippen MR) is 114 cm³/mol. The Hall–Kier alpha value is -3.38. The Morgan fingerprint density at radius 3 is 2.38 bits per heavy atom. The van der Waals surface area contributed by atoms with Gasteiger partial charge in [0.05, 0.1) is 19.3 Å². The molecule has 0 amide bonds. The van der Waals surface area contributed by atoms with Gasteiger partial charge in [-0.25, -0.2) is 4.79 Å². The highest BCUT2D eigenvalue weighted by Gasteiger charge is 2.13. The van der Waals surface area contributed by atoms with Crippen LogP contribution < -0.4 is 9.47 Å². The normalized spacial score (nSPS) is 10.8. The Labute approximate surface area is 172 Å². The zero-order valence-corrected chi connectivity index (χ0v) is 16.9. The Morgan fingerprint density at radius 2 is 1.79 bits per heavy atom. The van der Waals surface area contributed by atoms with E-state index in [-0.39, 0.29) is 11.3 Å². The van der Waals surface area contributed by atoms with Crippen LogP contribution in [0.5, 0.6) is 11.5 Å². The third-order valence-electron chi connectivity index (χ3n) is 4.25. The number of hydrogen-bond acceptors (Lipinski definition) is 5. The predicted octanol–water partition coefficient (Wildman–Crippen LogP) is 5.42. The van der Waals surface area contributed by atoms with E-state index in [1.807, 2.05) is 36.6 Å². The molecule has 0 bridgehead atoms. The Morgan fingerprint density at radius 1 is 1.07 bits per heavy atom. The second-order valence-corrected chi connectivity index (χ2v) is 7.03. The zero-order chi connectivity index (χ0) is 20.8. The maximum absolute atomic E-state index is 12.5. The largest absolute Gasteiger partial charge is 0.496 e. The van der Waals surface area contributed by atoms with Crippen LogP contribution in [0.15, 0.2) is 60.0 Å². The number of allylic oxidation sites excluding steroid dienone is 1. The van der Waals surface area contributed by atoms with Crippen LogP contribution in [0.2, 0.25) is 0 Å². The summed E-state index contributed by atoms with van der Waals surface area (Å²) < 4.78 is 11.3. The van der Waals surface area contributed by atoms with Crippen LogP contribution in [0.1, 0.15) is 33.2 Å². The summed E-state index contributed by atoms with van der Waals surface area (Å²) in [4.78, 5) is 24.5. The van der Waals surface area contributed by atoms with Crippen LogP contribution in [-0.2, 0) is 0 Å². The topological polar surface area (TPSA) is 72.8 Å². The van der Waals surface area contributed by atoms with E-state index in [9.17, 15) is 9.59 Å². The summed E-state index contributed by atoms with van der Waals surface area (Å²) >= 11 is 1.60. The van der Waals surface area contributed by atoms with Crippen molar-refractivity contribution >= 4 is 29.2 Å². The van der Waals surface area contributed by atoms with Gasteiger partial charge in [0.15, 0.2) is 5.78 Å². The number of hydrogen-bond donors (Lipinski definition) is 1. The molecular formula is C23H20O5S. The lowest BCUT2D eigenvalue weighted by Crippen LogP contribution is -1.99. The van der Waals surface area contributed by atoms with Crippen molar-refractivity contribution in [1.82, 2.24) is 0 Å². The number of ketones is 1. The maximum atomic E-state index is 12.5. The van der Waals surface area contributed by atoms with Crippen LogP contribution in [-0.4, -0.2) is 30.6 Å². The van der Waals surface area contributed by atoms with E-state index in [1.165, 1.54) is 30.3 Å². The van der Waals surface area contributed by atoms with Gasteiger partial charge in [0.25, 0.3) is 0 Å². The molecule has 0 aliphatic heterocycles. The van der Waals surface area contributed by atoms with E-state index in [2.05, 4.69) is 0 Å². The maximum Gasteiger partial charge on any atom is 0.335 e. The van der Waals surface area contributed by atoms with Crippen molar-refractivity contribution in [2.24, 2.45) is 0 Å². The fourth-order valence-corrected chi connectivity index (χ4v) is 3.57. The molecule has 2 aromatic carbocycles. The number of benzene rings is 2. The van der Waals surface area contributed by atoms with E-state index in [0.29, 0.717) is 17.9 Å². The number of carbonyl (C=O) groups is 2. The van der Waals surface area contributed by atoms with Crippen LogP contribution >= 0.6 is 11.3 Å². The molecule has 0 atom stereocenters. The Kier molecular flexibility index (Phi) is 6.46. The number of thiophene rings is 1. The summed E-state index contributed by atoms with van der Waals surface area (Å²) in [6.07, 6.45) is 3.14. The van der Waals surface area contributed by atoms with Gasteiger partial charge in [-0.2, -0.15) is 0 Å². The van der Waals surface area contributed by atoms with Gasteiger partial charge in [-0.15, -0.1) is 11.3 Å². The van der Waals surface area contributed by atoms with Crippen molar-refractivity contribution < 1.29 is 24.2 Å². The van der Waals surface area contributed by atoms with Crippen molar-refractivity contribution in [3.8, 4) is 21.9 Å². The van der Waals surface area contributed by atoms with Crippen molar-refractivity contribution in [3.63, 3.8) is 0 Å². The second kappa shape index (κ2) is 9.21. The van der Waals surface area contributed by atoms with Gasteiger partial charge in [0.1, 0.15) is 11.5 Å². The standard InChI is InChI=1S/C23H20O5S/c1-3-28-21-14-20(27-2)17(13-18(21)22-5-4-12-29-22)10-11-19(24)15-6-8-16(9-7-15)23(25)26/h4-14H,3H2,1-2H3,(H,25,26)/b11-10+. The monoisotopic (exact) mass is 408 g/mol. The fourth-order valence-electron chi connectivity index (χ4n) is 2.82. The first kappa shape index (κ1) is 20.4. The zero-order valence-electron chi connectivity index (χ0n) is 16.0. The van der Waals surface area contributed by atoms with E-state index in [4.69, 9.17) is 14.6 Å². The first-order chi connectivity index (χ1) is 14.0. The van der Waals surface area contributed by atoms with Gasteiger partial charge in [0, 0.05) is 27.6 Å². The fraction of sp³-hybridized carbons (Fsp3) is 0.130. The average Bonchev–Trinajstić information content (AvgIpc) is 3.27. The molecule has 0 radical (unpaired) electrons. The summed E-state index contributed by atoms with van der Waals surface area (Å²) in [5.41, 5.74) is 2.23. The van der Waals surface area contributed by atoms with Gasteiger partial charge in [-0.05, 0) is 48.7 Å². The summed E-state index contributed by atoms with van der Waals surface area (Å²) in [5.74, 6) is 0.0638. The van der Waals surface area contributed by atoms with Crippen LogP contribution in [0.4, 0.5) is 0 Å². The number of methoxy groups -OCH3 is 1. The lowest BCUT2D eigenvalue weighted by Gasteiger charge is -2.13. The van der Waals surface area contributed by atoms with E-state index in [0.717, 1.165) is 21.8 Å². The van der Waals surface area contributed by atoms with Gasteiger partial charge >= 0.3 is 5.97 Å². The number of rotatable bonds is 8. The minimum atomic E-state index is -1.03. The van der Waals surface area contributed by atoms with Crippen LogP contribution in [0.3, 0.4) is 0 Å². The first-order valence-corrected chi connectivity index (χ1v) is 9.86. The summed E-state index contributed by atoms with van der Waals surface area (Å²) in [5, 5.41) is 11.0. The molecule has 29 heavy (non-hydrogen) atoms. The van der Waals surface area contributed by atoms with Crippen molar-refractivity contribution in [2.45, 2.75) is 6.92 Å². The second-order valence-electron chi connectivity index (χ2n) is 6.08. The number of carboxylic acid groups (broad SMARTS) is 1. The molecule has 1 heterocycles. The highest BCUT2D eigenvalue weighted by molar-refractivity contribution is 7.13. The third-order valence-corrected chi connectivity index (χ3v) is 5.15. The molecule has 1 N–H and O–H groups in total. The molecule has 0 aliphatic rings. The highest BCUT2D eigenvalue weighted by Crippen LogP contribution is 2.38.